The van der Waals surface area contributed by atoms with Crippen LogP contribution in [0, 0.1) is 5.41 Å². The molecule has 0 radical (unpaired) electrons. The molecule has 0 nitrogen and oxygen atoms in total. The Balaban J connectivity index is 1.76. The lowest BCUT2D eigenvalue weighted by atomic mass is 9.72. The number of hydrogen-bond donors (Lipinski definition) is 0. The van der Waals surface area contributed by atoms with Gasteiger partial charge in [0.15, 0.2) is 0 Å². The average Bonchev–Trinajstić information content (AvgIpc) is 2.35. The van der Waals surface area contributed by atoms with Crippen LogP contribution in [0.2, 0.25) is 0 Å². The summed E-state index contributed by atoms with van der Waals surface area (Å²) in [5, 5.41) is 0. The van der Waals surface area contributed by atoms with Crippen LogP contribution in [0.15, 0.2) is 24.3 Å². The Morgan fingerprint density at radius 2 is 1.44 bits per heavy atom. The molecule has 2 heteroatoms. The predicted molar refractivity (Wildman–Crippen MR) is 75.1 cm³/mol. The molecule has 16 heavy (non-hydrogen) atoms. The Labute approximate surface area is 107 Å². The third kappa shape index (κ3) is 2.14. The van der Waals surface area contributed by atoms with Crippen molar-refractivity contribution in [2.75, 3.05) is 11.5 Å². The minimum Gasteiger partial charge on any atom is -0.157 e. The highest BCUT2D eigenvalue weighted by Gasteiger charge is 2.36. The van der Waals surface area contributed by atoms with Crippen molar-refractivity contribution in [3.05, 3.63) is 35.4 Å². The van der Waals surface area contributed by atoms with E-state index in [0.717, 1.165) is 0 Å². The zero-order valence-corrected chi connectivity index (χ0v) is 11.2. The smallest absolute Gasteiger partial charge is 0.0187 e. The molecule has 0 N–H and O–H groups in total. The molecule has 86 valence electrons. The van der Waals surface area contributed by atoms with Gasteiger partial charge in [0, 0.05) is 23.0 Å². The minimum atomic E-state index is 0.706. The molecule has 0 unspecified atom stereocenters. The van der Waals surface area contributed by atoms with Crippen LogP contribution in [0.3, 0.4) is 0 Å². The van der Waals surface area contributed by atoms with Gasteiger partial charge in [-0.25, -0.2) is 0 Å². The molecular formula is C14H18S2. The second-order valence-electron chi connectivity index (χ2n) is 5.11. The van der Waals surface area contributed by atoms with Crippen molar-refractivity contribution in [3.8, 4) is 0 Å². The van der Waals surface area contributed by atoms with Gasteiger partial charge in [0.2, 0.25) is 0 Å². The Hall–Kier alpha value is -0.0800. The van der Waals surface area contributed by atoms with Crippen molar-refractivity contribution in [2.45, 2.75) is 30.8 Å². The topological polar surface area (TPSA) is 0 Å². The van der Waals surface area contributed by atoms with Crippen LogP contribution in [0.4, 0.5) is 0 Å². The van der Waals surface area contributed by atoms with E-state index in [9.17, 15) is 0 Å². The summed E-state index contributed by atoms with van der Waals surface area (Å²) in [7, 11) is 0. The van der Waals surface area contributed by atoms with Crippen molar-refractivity contribution in [1.29, 1.82) is 0 Å². The molecule has 1 aromatic carbocycles. The van der Waals surface area contributed by atoms with E-state index in [-0.39, 0.29) is 0 Å². The molecule has 1 spiro atoms. The normalized spacial score (nSPS) is 23.8. The van der Waals surface area contributed by atoms with Crippen LogP contribution in [0.1, 0.15) is 30.4 Å². The van der Waals surface area contributed by atoms with Gasteiger partial charge in [0.25, 0.3) is 0 Å². The maximum Gasteiger partial charge on any atom is 0.0187 e. The summed E-state index contributed by atoms with van der Waals surface area (Å²) in [6, 6.07) is 8.98. The highest BCUT2D eigenvalue weighted by molar-refractivity contribution is 7.99. The molecule has 1 fully saturated rings. The van der Waals surface area contributed by atoms with Crippen molar-refractivity contribution in [2.24, 2.45) is 5.41 Å². The Morgan fingerprint density at radius 1 is 0.875 bits per heavy atom. The maximum atomic E-state index is 2.31. The first-order valence-electron chi connectivity index (χ1n) is 6.10. The molecule has 0 aromatic heterocycles. The van der Waals surface area contributed by atoms with Gasteiger partial charge in [-0.3, -0.25) is 0 Å². The van der Waals surface area contributed by atoms with Gasteiger partial charge in [0.05, 0.1) is 0 Å². The lowest BCUT2D eigenvalue weighted by molar-refractivity contribution is 0.205. The Morgan fingerprint density at radius 3 is 1.88 bits per heavy atom. The van der Waals surface area contributed by atoms with Crippen LogP contribution >= 0.6 is 23.5 Å². The van der Waals surface area contributed by atoms with Crippen molar-refractivity contribution in [3.63, 3.8) is 0 Å². The number of fused-ring (bicyclic) bond motifs is 1. The van der Waals surface area contributed by atoms with E-state index in [2.05, 4.69) is 47.8 Å². The van der Waals surface area contributed by atoms with Crippen molar-refractivity contribution >= 4 is 23.5 Å². The number of hydrogen-bond acceptors (Lipinski definition) is 2. The number of thioether (sulfide) groups is 2. The quantitative estimate of drug-likeness (QED) is 0.672. The zero-order chi connectivity index (χ0) is 10.8. The first kappa shape index (κ1) is 11.0. The molecule has 2 aliphatic rings. The maximum absolute atomic E-state index is 2.31. The fraction of sp³-hybridized carbons (Fsp3) is 0.571. The zero-order valence-electron chi connectivity index (χ0n) is 9.58. The van der Waals surface area contributed by atoms with E-state index < -0.39 is 0 Å². The van der Waals surface area contributed by atoms with Gasteiger partial charge in [-0.2, -0.15) is 23.5 Å². The van der Waals surface area contributed by atoms with Crippen molar-refractivity contribution in [1.82, 2.24) is 0 Å². The standard InChI is InChI=1S/C14H18S2/c1-2-5-13-9-16-11-14(6-3-7-14)10-15-8-12(13)4-1/h1-2,4-5H,3,6-11H2. The molecule has 1 saturated carbocycles. The molecule has 0 amide bonds. The summed E-state index contributed by atoms with van der Waals surface area (Å²) >= 11 is 4.31. The third-order valence-electron chi connectivity index (χ3n) is 3.86. The number of rotatable bonds is 0. The highest BCUT2D eigenvalue weighted by Crippen LogP contribution is 2.47. The highest BCUT2D eigenvalue weighted by atomic mass is 32.2. The van der Waals surface area contributed by atoms with Gasteiger partial charge in [-0.1, -0.05) is 30.7 Å². The molecule has 3 rings (SSSR count). The largest absolute Gasteiger partial charge is 0.157 e. The van der Waals surface area contributed by atoms with E-state index >= 15 is 0 Å². The minimum absolute atomic E-state index is 0.706. The van der Waals surface area contributed by atoms with Crippen LogP contribution in [0.25, 0.3) is 0 Å². The summed E-state index contributed by atoms with van der Waals surface area (Å²) in [5.74, 6) is 5.21. The first-order valence-corrected chi connectivity index (χ1v) is 8.41. The van der Waals surface area contributed by atoms with E-state index in [1.807, 2.05) is 0 Å². The van der Waals surface area contributed by atoms with Gasteiger partial charge in [0.1, 0.15) is 0 Å². The van der Waals surface area contributed by atoms with Crippen LogP contribution in [0.5, 0.6) is 0 Å². The molecule has 1 aliphatic carbocycles. The molecule has 0 bridgehead atoms. The Bertz CT molecular complexity index is 338. The van der Waals surface area contributed by atoms with Crippen LogP contribution < -0.4 is 0 Å². The summed E-state index contributed by atoms with van der Waals surface area (Å²) in [5.41, 5.74) is 3.84. The molecule has 0 atom stereocenters. The summed E-state index contributed by atoms with van der Waals surface area (Å²) in [6.45, 7) is 0. The fourth-order valence-electron chi connectivity index (χ4n) is 2.60. The fourth-order valence-corrected chi connectivity index (χ4v) is 5.59. The van der Waals surface area contributed by atoms with Crippen molar-refractivity contribution < 1.29 is 0 Å². The number of benzene rings is 1. The molecule has 1 aromatic rings. The molecule has 1 aliphatic heterocycles. The molecular weight excluding hydrogens is 232 g/mol. The van der Waals surface area contributed by atoms with E-state index in [4.69, 9.17) is 0 Å². The third-order valence-corrected chi connectivity index (χ3v) is 6.53. The lowest BCUT2D eigenvalue weighted by Gasteiger charge is -2.41. The van der Waals surface area contributed by atoms with E-state index in [0.29, 0.717) is 5.41 Å². The summed E-state index contributed by atoms with van der Waals surface area (Å²) in [4.78, 5) is 0. The van der Waals surface area contributed by atoms with Gasteiger partial charge >= 0.3 is 0 Å². The second-order valence-corrected chi connectivity index (χ2v) is 7.08. The van der Waals surface area contributed by atoms with Gasteiger partial charge in [-0.15, -0.1) is 0 Å². The Kier molecular flexibility index (Phi) is 3.21. The predicted octanol–water partition coefficient (Wildman–Crippen LogP) is 4.34. The summed E-state index contributed by atoms with van der Waals surface area (Å²) < 4.78 is 0. The van der Waals surface area contributed by atoms with Gasteiger partial charge < -0.3 is 0 Å². The van der Waals surface area contributed by atoms with E-state index in [1.165, 1.54) is 42.3 Å². The monoisotopic (exact) mass is 250 g/mol. The summed E-state index contributed by atoms with van der Waals surface area (Å²) in [6.07, 6.45) is 4.42. The lowest BCUT2D eigenvalue weighted by Crippen LogP contribution is -2.34. The first-order chi connectivity index (χ1) is 7.88. The van der Waals surface area contributed by atoms with Crippen LogP contribution in [-0.4, -0.2) is 11.5 Å². The van der Waals surface area contributed by atoms with E-state index in [1.54, 1.807) is 11.1 Å². The van der Waals surface area contributed by atoms with Gasteiger partial charge in [-0.05, 0) is 29.4 Å². The SMILES string of the molecule is c1ccc2c(c1)CSCC1(CCC1)CSC2. The second kappa shape index (κ2) is 4.66. The molecule has 1 heterocycles. The molecule has 0 saturated heterocycles. The average molecular weight is 250 g/mol. The van der Waals surface area contributed by atoms with Crippen LogP contribution in [-0.2, 0) is 11.5 Å².